The molecule has 1 unspecified atom stereocenters. The number of anilines is 1. The number of hydrogen-bond acceptors (Lipinski definition) is 3. The third-order valence-electron chi connectivity index (χ3n) is 4.36. The third-order valence-corrected chi connectivity index (χ3v) is 4.36. The molecule has 2 N–H and O–H groups in total. The summed E-state index contributed by atoms with van der Waals surface area (Å²) in [5, 5.41) is 6.36. The molecule has 1 atom stereocenters. The number of benzene rings is 3. The smallest absolute Gasteiger partial charge is 0.246 e. The van der Waals surface area contributed by atoms with Crippen molar-refractivity contribution in [1.82, 2.24) is 5.32 Å². The van der Waals surface area contributed by atoms with E-state index in [-0.39, 0.29) is 5.91 Å². The number of rotatable bonds is 7. The number of methoxy groups -OCH3 is 1. The van der Waals surface area contributed by atoms with Gasteiger partial charge in [-0.15, -0.1) is 0 Å². The second-order valence-corrected chi connectivity index (χ2v) is 6.43. The summed E-state index contributed by atoms with van der Waals surface area (Å²) in [4.78, 5) is 13.0. The van der Waals surface area contributed by atoms with Gasteiger partial charge in [0.1, 0.15) is 11.8 Å². The van der Waals surface area contributed by atoms with Crippen LogP contribution < -0.4 is 15.4 Å². The zero-order valence-electron chi connectivity index (χ0n) is 15.6. The lowest BCUT2D eigenvalue weighted by Crippen LogP contribution is -2.32. The van der Waals surface area contributed by atoms with Gasteiger partial charge < -0.3 is 10.1 Å². The molecule has 0 aliphatic carbocycles. The minimum absolute atomic E-state index is 0.110. The van der Waals surface area contributed by atoms with E-state index in [1.54, 1.807) is 13.2 Å². The molecule has 3 rings (SSSR count). The quantitative estimate of drug-likeness (QED) is 0.653. The molecule has 138 valence electrons. The molecule has 0 aliphatic rings. The number of ether oxygens (including phenoxy) is 1. The Morgan fingerprint density at radius 3 is 2.41 bits per heavy atom. The molecule has 0 spiro atoms. The number of hydrogen-bond donors (Lipinski definition) is 2. The first-order valence-electron chi connectivity index (χ1n) is 8.94. The highest BCUT2D eigenvalue weighted by atomic mass is 16.5. The van der Waals surface area contributed by atoms with E-state index in [4.69, 9.17) is 4.74 Å². The molecule has 0 aromatic heterocycles. The average Bonchev–Trinajstić information content (AvgIpc) is 2.70. The van der Waals surface area contributed by atoms with Gasteiger partial charge in [-0.1, -0.05) is 66.2 Å². The maximum Gasteiger partial charge on any atom is 0.246 e. The minimum Gasteiger partial charge on any atom is -0.497 e. The van der Waals surface area contributed by atoms with Gasteiger partial charge in [0.15, 0.2) is 0 Å². The van der Waals surface area contributed by atoms with Crippen LogP contribution in [0, 0.1) is 6.92 Å². The Morgan fingerprint density at radius 1 is 0.963 bits per heavy atom. The molecular formula is C23H24N2O2. The van der Waals surface area contributed by atoms with Crippen LogP contribution in [0.25, 0.3) is 0 Å². The second kappa shape index (κ2) is 9.01. The molecule has 3 aromatic rings. The van der Waals surface area contributed by atoms with E-state index in [9.17, 15) is 4.79 Å². The maximum atomic E-state index is 13.0. The molecule has 0 saturated heterocycles. The van der Waals surface area contributed by atoms with Gasteiger partial charge in [-0.25, -0.2) is 0 Å². The largest absolute Gasteiger partial charge is 0.497 e. The van der Waals surface area contributed by atoms with Gasteiger partial charge in [-0.05, 0) is 30.2 Å². The lowest BCUT2D eigenvalue weighted by Gasteiger charge is -2.19. The van der Waals surface area contributed by atoms with Crippen molar-refractivity contribution in [2.45, 2.75) is 19.5 Å². The SMILES string of the molecule is COc1cccc(NC(=O)C(NCc2ccc(C)cc2)c2ccccc2)c1. The van der Waals surface area contributed by atoms with Gasteiger partial charge in [0.05, 0.1) is 7.11 Å². The fourth-order valence-corrected chi connectivity index (χ4v) is 2.85. The first-order valence-corrected chi connectivity index (χ1v) is 8.94. The molecule has 3 aromatic carbocycles. The Balaban J connectivity index is 1.76. The molecule has 0 aliphatic heterocycles. The number of amides is 1. The van der Waals surface area contributed by atoms with Crippen LogP contribution in [0.3, 0.4) is 0 Å². The molecule has 0 heterocycles. The Hall–Kier alpha value is -3.11. The van der Waals surface area contributed by atoms with Crippen LogP contribution in [-0.2, 0) is 11.3 Å². The van der Waals surface area contributed by atoms with Crippen LogP contribution in [0.15, 0.2) is 78.9 Å². The van der Waals surface area contributed by atoms with Crippen LogP contribution in [0.5, 0.6) is 5.75 Å². The zero-order valence-corrected chi connectivity index (χ0v) is 15.6. The molecule has 1 amide bonds. The molecule has 0 radical (unpaired) electrons. The van der Waals surface area contributed by atoms with Crippen molar-refractivity contribution >= 4 is 11.6 Å². The van der Waals surface area contributed by atoms with Crippen molar-refractivity contribution in [3.8, 4) is 5.75 Å². The average molecular weight is 360 g/mol. The lowest BCUT2D eigenvalue weighted by atomic mass is 10.1. The first kappa shape index (κ1) is 18.7. The molecule has 4 heteroatoms. The highest BCUT2D eigenvalue weighted by Crippen LogP contribution is 2.20. The summed E-state index contributed by atoms with van der Waals surface area (Å²) in [6.45, 7) is 2.66. The minimum atomic E-state index is -0.460. The van der Waals surface area contributed by atoms with Crippen LogP contribution in [0.1, 0.15) is 22.7 Å². The van der Waals surface area contributed by atoms with Crippen molar-refractivity contribution in [3.63, 3.8) is 0 Å². The summed E-state index contributed by atoms with van der Waals surface area (Å²) in [7, 11) is 1.61. The maximum absolute atomic E-state index is 13.0. The predicted octanol–water partition coefficient (Wildman–Crippen LogP) is 4.47. The van der Waals surface area contributed by atoms with Crippen molar-refractivity contribution in [1.29, 1.82) is 0 Å². The van der Waals surface area contributed by atoms with Crippen LogP contribution in [-0.4, -0.2) is 13.0 Å². The normalized spacial score (nSPS) is 11.6. The van der Waals surface area contributed by atoms with Gasteiger partial charge in [0.2, 0.25) is 5.91 Å². The van der Waals surface area contributed by atoms with Gasteiger partial charge in [-0.2, -0.15) is 0 Å². The Bertz CT molecular complexity index is 876. The summed E-state index contributed by atoms with van der Waals surface area (Å²) in [5.41, 5.74) is 3.98. The van der Waals surface area contributed by atoms with E-state index in [0.29, 0.717) is 18.0 Å². The second-order valence-electron chi connectivity index (χ2n) is 6.43. The fraction of sp³-hybridized carbons (Fsp3) is 0.174. The van der Waals surface area contributed by atoms with E-state index in [2.05, 4.69) is 41.8 Å². The van der Waals surface area contributed by atoms with Gasteiger partial charge >= 0.3 is 0 Å². The molecule has 0 fully saturated rings. The summed E-state index contributed by atoms with van der Waals surface area (Å²) in [5.74, 6) is 0.596. The molecule has 4 nitrogen and oxygen atoms in total. The van der Waals surface area contributed by atoms with Gasteiger partial charge in [0, 0.05) is 18.3 Å². The van der Waals surface area contributed by atoms with E-state index >= 15 is 0 Å². The van der Waals surface area contributed by atoms with Crippen molar-refractivity contribution in [3.05, 3.63) is 95.6 Å². The number of aryl methyl sites for hydroxylation is 1. The van der Waals surface area contributed by atoms with E-state index in [1.165, 1.54) is 5.56 Å². The monoisotopic (exact) mass is 360 g/mol. The first-order chi connectivity index (χ1) is 13.2. The third kappa shape index (κ3) is 5.19. The summed E-state index contributed by atoms with van der Waals surface area (Å²) < 4.78 is 5.23. The van der Waals surface area contributed by atoms with Gasteiger partial charge in [0.25, 0.3) is 0 Å². The molecule has 27 heavy (non-hydrogen) atoms. The van der Waals surface area contributed by atoms with Crippen molar-refractivity contribution < 1.29 is 9.53 Å². The van der Waals surface area contributed by atoms with Gasteiger partial charge in [-0.3, -0.25) is 10.1 Å². The van der Waals surface area contributed by atoms with E-state index < -0.39 is 6.04 Å². The number of carbonyl (C=O) groups excluding carboxylic acids is 1. The highest BCUT2D eigenvalue weighted by molar-refractivity contribution is 5.95. The number of nitrogens with one attached hydrogen (secondary N) is 2. The molecular weight excluding hydrogens is 336 g/mol. The van der Waals surface area contributed by atoms with Crippen LogP contribution in [0.4, 0.5) is 5.69 Å². The summed E-state index contributed by atoms with van der Waals surface area (Å²) in [6, 6.07) is 24.9. The van der Waals surface area contributed by atoms with E-state index in [1.807, 2.05) is 48.5 Å². The highest BCUT2D eigenvalue weighted by Gasteiger charge is 2.20. The zero-order chi connectivity index (χ0) is 19.1. The Morgan fingerprint density at radius 2 is 1.70 bits per heavy atom. The predicted molar refractivity (Wildman–Crippen MR) is 109 cm³/mol. The lowest BCUT2D eigenvalue weighted by molar-refractivity contribution is -0.118. The molecule has 0 saturated carbocycles. The Labute approximate surface area is 160 Å². The van der Waals surface area contributed by atoms with Crippen molar-refractivity contribution in [2.24, 2.45) is 0 Å². The summed E-state index contributed by atoms with van der Waals surface area (Å²) >= 11 is 0. The number of carbonyl (C=O) groups is 1. The standard InChI is InChI=1S/C23H24N2O2/c1-17-11-13-18(14-12-17)16-24-22(19-7-4-3-5-8-19)23(26)25-20-9-6-10-21(15-20)27-2/h3-15,22,24H,16H2,1-2H3,(H,25,26). The van der Waals surface area contributed by atoms with Crippen LogP contribution in [0.2, 0.25) is 0 Å². The van der Waals surface area contributed by atoms with Crippen LogP contribution >= 0.6 is 0 Å². The Kier molecular flexibility index (Phi) is 6.23. The topological polar surface area (TPSA) is 50.4 Å². The van der Waals surface area contributed by atoms with E-state index in [0.717, 1.165) is 11.1 Å². The molecule has 0 bridgehead atoms. The van der Waals surface area contributed by atoms with Crippen molar-refractivity contribution in [2.75, 3.05) is 12.4 Å². The summed E-state index contributed by atoms with van der Waals surface area (Å²) in [6.07, 6.45) is 0. The fourth-order valence-electron chi connectivity index (χ4n) is 2.85.